The molecule has 0 saturated carbocycles. The minimum absolute atomic E-state index is 0.0390. The van der Waals surface area contributed by atoms with Gasteiger partial charge in [0.15, 0.2) is 5.16 Å². The van der Waals surface area contributed by atoms with Gasteiger partial charge in [-0.05, 0) is 31.9 Å². The smallest absolute Gasteiger partial charge is 0.230 e. The summed E-state index contributed by atoms with van der Waals surface area (Å²) in [6.45, 7) is 6.21. The number of amides is 1. The van der Waals surface area contributed by atoms with Crippen molar-refractivity contribution < 1.29 is 4.79 Å². The van der Waals surface area contributed by atoms with Crippen molar-refractivity contribution in [1.82, 2.24) is 20.1 Å². The summed E-state index contributed by atoms with van der Waals surface area (Å²) >= 11 is 1.40. The number of nitrogens with one attached hydrogen (secondary N) is 1. The fourth-order valence-corrected chi connectivity index (χ4v) is 2.84. The highest BCUT2D eigenvalue weighted by Crippen LogP contribution is 2.19. The van der Waals surface area contributed by atoms with E-state index in [0.717, 1.165) is 23.7 Å². The number of aryl methyl sites for hydroxylation is 1. The van der Waals surface area contributed by atoms with Crippen LogP contribution in [0.15, 0.2) is 35.7 Å². The molecule has 5 nitrogen and oxygen atoms in total. The highest BCUT2D eigenvalue weighted by atomic mass is 32.2. The van der Waals surface area contributed by atoms with Crippen LogP contribution in [0.1, 0.15) is 32.3 Å². The van der Waals surface area contributed by atoms with Gasteiger partial charge in [-0.25, -0.2) is 0 Å². The van der Waals surface area contributed by atoms with E-state index in [9.17, 15) is 4.79 Å². The van der Waals surface area contributed by atoms with Crippen LogP contribution in [0.2, 0.25) is 0 Å². The lowest BCUT2D eigenvalue weighted by Gasteiger charge is -2.14. The Morgan fingerprint density at radius 1 is 1.27 bits per heavy atom. The molecule has 0 saturated heterocycles. The van der Waals surface area contributed by atoms with E-state index in [0.29, 0.717) is 5.75 Å². The molecule has 22 heavy (non-hydrogen) atoms. The van der Waals surface area contributed by atoms with Crippen LogP contribution in [0.25, 0.3) is 5.69 Å². The predicted octanol–water partition coefficient (Wildman–Crippen LogP) is 2.97. The van der Waals surface area contributed by atoms with Crippen molar-refractivity contribution in [2.24, 2.45) is 0 Å². The fraction of sp³-hybridized carbons (Fsp3) is 0.438. The summed E-state index contributed by atoms with van der Waals surface area (Å²) in [5, 5.41) is 11.8. The van der Waals surface area contributed by atoms with E-state index in [-0.39, 0.29) is 11.9 Å². The third kappa shape index (κ3) is 4.34. The summed E-state index contributed by atoms with van der Waals surface area (Å²) in [6.07, 6.45) is 3.57. The van der Waals surface area contributed by atoms with E-state index in [2.05, 4.69) is 29.4 Å². The van der Waals surface area contributed by atoms with E-state index in [1.807, 2.05) is 35.8 Å². The molecule has 118 valence electrons. The van der Waals surface area contributed by atoms with Gasteiger partial charge in [-0.15, -0.1) is 10.2 Å². The molecule has 0 aliphatic carbocycles. The van der Waals surface area contributed by atoms with Gasteiger partial charge in [0.2, 0.25) is 5.91 Å². The highest BCUT2D eigenvalue weighted by molar-refractivity contribution is 7.99. The van der Waals surface area contributed by atoms with Gasteiger partial charge in [0, 0.05) is 11.7 Å². The molecule has 1 heterocycles. The molecule has 2 rings (SSSR count). The van der Waals surface area contributed by atoms with Gasteiger partial charge < -0.3 is 5.32 Å². The summed E-state index contributed by atoms with van der Waals surface area (Å²) in [7, 11) is 0. The molecule has 1 aromatic carbocycles. The summed E-state index contributed by atoms with van der Waals surface area (Å²) < 4.78 is 1.90. The first kappa shape index (κ1) is 16.5. The first-order valence-electron chi connectivity index (χ1n) is 7.53. The zero-order valence-corrected chi connectivity index (χ0v) is 14.1. The topological polar surface area (TPSA) is 59.8 Å². The normalized spacial score (nSPS) is 10.9. The van der Waals surface area contributed by atoms with E-state index in [4.69, 9.17) is 0 Å². The molecule has 0 spiro atoms. The van der Waals surface area contributed by atoms with Crippen LogP contribution in [-0.2, 0) is 4.79 Å². The Balaban J connectivity index is 1.98. The Bertz CT molecular complexity index is 605. The number of hydrogen-bond acceptors (Lipinski definition) is 4. The number of thioether (sulfide) groups is 1. The van der Waals surface area contributed by atoms with Gasteiger partial charge in [-0.2, -0.15) is 0 Å². The SMILES string of the molecule is CCC(CC)NC(=O)CSc1nncn1-c1ccc(C)cc1. The van der Waals surface area contributed by atoms with E-state index in [1.54, 1.807) is 6.33 Å². The van der Waals surface area contributed by atoms with Crippen molar-refractivity contribution in [3.05, 3.63) is 36.2 Å². The number of rotatable bonds is 7. The number of benzene rings is 1. The molecule has 0 unspecified atom stereocenters. The molecule has 0 aliphatic rings. The van der Waals surface area contributed by atoms with Gasteiger partial charge >= 0.3 is 0 Å². The molecule has 1 aromatic heterocycles. The first-order valence-corrected chi connectivity index (χ1v) is 8.51. The van der Waals surface area contributed by atoms with Gasteiger partial charge in [0.05, 0.1) is 5.75 Å². The molecule has 6 heteroatoms. The summed E-state index contributed by atoms with van der Waals surface area (Å²) in [4.78, 5) is 12.0. The van der Waals surface area contributed by atoms with Crippen LogP contribution in [0.4, 0.5) is 0 Å². The van der Waals surface area contributed by atoms with Crippen LogP contribution in [-0.4, -0.2) is 32.5 Å². The Hall–Kier alpha value is -1.82. The lowest BCUT2D eigenvalue weighted by atomic mass is 10.2. The van der Waals surface area contributed by atoms with Gasteiger partial charge in [-0.3, -0.25) is 9.36 Å². The molecule has 0 atom stereocenters. The maximum atomic E-state index is 12.0. The van der Waals surface area contributed by atoms with Crippen LogP contribution in [0, 0.1) is 6.92 Å². The van der Waals surface area contributed by atoms with Crippen LogP contribution >= 0.6 is 11.8 Å². The lowest BCUT2D eigenvalue weighted by Crippen LogP contribution is -2.35. The number of hydrogen-bond donors (Lipinski definition) is 1. The van der Waals surface area contributed by atoms with E-state index >= 15 is 0 Å². The van der Waals surface area contributed by atoms with Crippen molar-refractivity contribution in [1.29, 1.82) is 0 Å². The monoisotopic (exact) mass is 318 g/mol. The maximum absolute atomic E-state index is 12.0. The fourth-order valence-electron chi connectivity index (χ4n) is 2.10. The summed E-state index contributed by atoms with van der Waals surface area (Å²) in [6, 6.07) is 8.38. The van der Waals surface area contributed by atoms with Crippen molar-refractivity contribution in [2.45, 2.75) is 44.8 Å². The second-order valence-electron chi connectivity index (χ2n) is 5.19. The zero-order chi connectivity index (χ0) is 15.9. The van der Waals surface area contributed by atoms with Crippen molar-refractivity contribution in [2.75, 3.05) is 5.75 Å². The second kappa shape index (κ2) is 7.98. The molecular formula is C16H22N4OS. The number of aromatic nitrogens is 3. The molecule has 0 fully saturated rings. The molecular weight excluding hydrogens is 296 g/mol. The molecule has 0 radical (unpaired) electrons. The maximum Gasteiger partial charge on any atom is 0.230 e. The van der Waals surface area contributed by atoms with E-state index in [1.165, 1.54) is 17.3 Å². The molecule has 1 N–H and O–H groups in total. The van der Waals surface area contributed by atoms with Crippen LogP contribution < -0.4 is 5.32 Å². The Morgan fingerprint density at radius 3 is 2.59 bits per heavy atom. The van der Waals surface area contributed by atoms with E-state index < -0.39 is 0 Å². The quantitative estimate of drug-likeness (QED) is 0.797. The largest absolute Gasteiger partial charge is 0.353 e. The molecule has 0 aliphatic heterocycles. The minimum atomic E-state index is 0.0390. The van der Waals surface area contributed by atoms with Crippen LogP contribution in [0.3, 0.4) is 0 Å². The van der Waals surface area contributed by atoms with Gasteiger partial charge in [-0.1, -0.05) is 43.3 Å². The Morgan fingerprint density at radius 2 is 1.95 bits per heavy atom. The Labute approximate surface area is 135 Å². The lowest BCUT2D eigenvalue weighted by molar-refractivity contribution is -0.119. The summed E-state index contributed by atoms with van der Waals surface area (Å²) in [5.74, 6) is 0.387. The minimum Gasteiger partial charge on any atom is -0.353 e. The number of nitrogens with zero attached hydrogens (tertiary/aromatic N) is 3. The van der Waals surface area contributed by atoms with Gasteiger partial charge in [0.25, 0.3) is 0 Å². The third-order valence-corrected chi connectivity index (χ3v) is 4.45. The molecule has 1 amide bonds. The zero-order valence-electron chi connectivity index (χ0n) is 13.2. The van der Waals surface area contributed by atoms with Crippen molar-refractivity contribution >= 4 is 17.7 Å². The van der Waals surface area contributed by atoms with Crippen LogP contribution in [0.5, 0.6) is 0 Å². The standard InChI is InChI=1S/C16H22N4OS/c1-4-13(5-2)18-15(21)10-22-16-19-17-11-20(16)14-8-6-12(3)7-9-14/h6-9,11,13H,4-5,10H2,1-3H3,(H,18,21). The second-order valence-corrected chi connectivity index (χ2v) is 6.13. The Kier molecular flexibility index (Phi) is 6.00. The average Bonchev–Trinajstić information content (AvgIpc) is 3.00. The van der Waals surface area contributed by atoms with Crippen molar-refractivity contribution in [3.8, 4) is 5.69 Å². The number of carbonyl (C=O) groups excluding carboxylic acids is 1. The van der Waals surface area contributed by atoms with Gasteiger partial charge in [0.1, 0.15) is 6.33 Å². The molecule has 0 bridgehead atoms. The number of carbonyl (C=O) groups is 1. The third-order valence-electron chi connectivity index (χ3n) is 3.51. The first-order chi connectivity index (χ1) is 10.6. The highest BCUT2D eigenvalue weighted by Gasteiger charge is 2.12. The summed E-state index contributed by atoms with van der Waals surface area (Å²) in [5.41, 5.74) is 2.20. The average molecular weight is 318 g/mol. The predicted molar refractivity (Wildman–Crippen MR) is 89.3 cm³/mol. The van der Waals surface area contributed by atoms with Crippen molar-refractivity contribution in [3.63, 3.8) is 0 Å². The molecule has 2 aromatic rings.